The Morgan fingerprint density at radius 2 is 1.72 bits per heavy atom. The molecule has 1 aliphatic heterocycles. The van der Waals surface area contributed by atoms with Gasteiger partial charge >= 0.3 is 0 Å². The largest absolute Gasteiger partial charge is 0.369 e. The summed E-state index contributed by atoms with van der Waals surface area (Å²) in [5, 5.41) is 0. The Bertz CT molecular complexity index is 367. The van der Waals surface area contributed by atoms with Gasteiger partial charge in [-0.3, -0.25) is 4.90 Å². The van der Waals surface area contributed by atoms with Crippen LogP contribution in [0.15, 0.2) is 36.1 Å². The fourth-order valence-electron chi connectivity index (χ4n) is 2.63. The predicted molar refractivity (Wildman–Crippen MR) is 78.4 cm³/mol. The molecule has 0 spiro atoms. The molecule has 1 aliphatic carbocycles. The highest BCUT2D eigenvalue weighted by atomic mass is 15.3. The van der Waals surface area contributed by atoms with E-state index in [-0.39, 0.29) is 5.41 Å². The summed E-state index contributed by atoms with van der Waals surface area (Å²) in [6.45, 7) is 13.7. The van der Waals surface area contributed by atoms with E-state index >= 15 is 0 Å². The van der Waals surface area contributed by atoms with Crippen molar-refractivity contribution in [3.8, 4) is 0 Å². The summed E-state index contributed by atoms with van der Waals surface area (Å²) < 4.78 is 0. The normalized spacial score (nSPS) is 24.3. The summed E-state index contributed by atoms with van der Waals surface area (Å²) in [6.07, 6.45) is 11.2. The van der Waals surface area contributed by atoms with E-state index in [4.69, 9.17) is 0 Å². The van der Waals surface area contributed by atoms with Crippen LogP contribution >= 0.6 is 0 Å². The van der Waals surface area contributed by atoms with Gasteiger partial charge in [-0.25, -0.2) is 0 Å². The van der Waals surface area contributed by atoms with E-state index in [1.165, 1.54) is 18.8 Å². The second-order valence-electron chi connectivity index (χ2n) is 6.23. The topological polar surface area (TPSA) is 6.48 Å². The van der Waals surface area contributed by atoms with Crippen molar-refractivity contribution in [3.63, 3.8) is 0 Å². The van der Waals surface area contributed by atoms with E-state index in [0.717, 1.165) is 13.1 Å². The lowest BCUT2D eigenvalue weighted by atomic mass is 9.92. The fourth-order valence-corrected chi connectivity index (χ4v) is 2.63. The number of nitrogens with zero attached hydrogens (tertiary/aromatic N) is 2. The van der Waals surface area contributed by atoms with Gasteiger partial charge in [0.05, 0.1) is 0 Å². The zero-order valence-corrected chi connectivity index (χ0v) is 12.2. The molecule has 2 rings (SSSR count). The third-order valence-corrected chi connectivity index (χ3v) is 3.83. The van der Waals surface area contributed by atoms with Gasteiger partial charge in [0, 0.05) is 43.3 Å². The van der Waals surface area contributed by atoms with Crippen molar-refractivity contribution in [1.82, 2.24) is 9.80 Å². The van der Waals surface area contributed by atoms with Crippen LogP contribution in [0.5, 0.6) is 0 Å². The molecular weight excluding hydrogens is 220 g/mol. The molecule has 2 heteroatoms. The molecular formula is C16H26N2. The number of hydrogen-bond acceptors (Lipinski definition) is 2. The van der Waals surface area contributed by atoms with Crippen molar-refractivity contribution in [1.29, 1.82) is 0 Å². The number of rotatable bonds is 2. The molecule has 0 saturated carbocycles. The van der Waals surface area contributed by atoms with Crippen LogP contribution in [0.1, 0.15) is 27.7 Å². The second-order valence-corrected chi connectivity index (χ2v) is 6.23. The molecule has 1 fully saturated rings. The van der Waals surface area contributed by atoms with Gasteiger partial charge < -0.3 is 4.90 Å². The van der Waals surface area contributed by atoms with Gasteiger partial charge in [0.1, 0.15) is 0 Å². The molecule has 0 aromatic carbocycles. The minimum atomic E-state index is 0.161. The highest BCUT2D eigenvalue weighted by Crippen LogP contribution is 2.26. The Balaban J connectivity index is 2.03. The van der Waals surface area contributed by atoms with Crippen molar-refractivity contribution >= 4 is 0 Å². The minimum absolute atomic E-state index is 0.161. The third-order valence-electron chi connectivity index (χ3n) is 3.83. The van der Waals surface area contributed by atoms with Crippen LogP contribution in [0, 0.1) is 5.41 Å². The summed E-state index contributed by atoms with van der Waals surface area (Å²) in [4.78, 5) is 5.07. The van der Waals surface area contributed by atoms with Crippen LogP contribution < -0.4 is 0 Å². The lowest BCUT2D eigenvalue weighted by Gasteiger charge is -2.39. The SMILES string of the molecule is CC(C)N1CCN(C2=CC(C)(C)C=CC=C2)CC1. The van der Waals surface area contributed by atoms with E-state index in [1.54, 1.807) is 0 Å². The van der Waals surface area contributed by atoms with Crippen LogP contribution in [-0.4, -0.2) is 42.0 Å². The molecule has 18 heavy (non-hydrogen) atoms. The van der Waals surface area contributed by atoms with Crippen molar-refractivity contribution in [2.24, 2.45) is 5.41 Å². The van der Waals surface area contributed by atoms with Gasteiger partial charge in [-0.15, -0.1) is 0 Å². The lowest BCUT2D eigenvalue weighted by molar-refractivity contribution is 0.132. The van der Waals surface area contributed by atoms with E-state index < -0.39 is 0 Å². The van der Waals surface area contributed by atoms with Gasteiger partial charge in [-0.1, -0.05) is 38.2 Å². The van der Waals surface area contributed by atoms with Crippen LogP contribution in [0.2, 0.25) is 0 Å². The Morgan fingerprint density at radius 3 is 2.33 bits per heavy atom. The summed E-state index contributed by atoms with van der Waals surface area (Å²) in [5.41, 5.74) is 1.54. The first-order valence-corrected chi connectivity index (χ1v) is 7.06. The smallest absolute Gasteiger partial charge is 0.0335 e. The highest BCUT2D eigenvalue weighted by molar-refractivity contribution is 5.30. The Hall–Kier alpha value is -1.02. The number of piperazine rings is 1. The Kier molecular flexibility index (Phi) is 3.96. The molecule has 2 nitrogen and oxygen atoms in total. The lowest BCUT2D eigenvalue weighted by Crippen LogP contribution is -2.48. The second kappa shape index (κ2) is 5.31. The molecule has 0 atom stereocenters. The zero-order valence-electron chi connectivity index (χ0n) is 12.2. The first kappa shape index (κ1) is 13.4. The summed E-state index contributed by atoms with van der Waals surface area (Å²) >= 11 is 0. The summed E-state index contributed by atoms with van der Waals surface area (Å²) in [6, 6.07) is 0.670. The molecule has 0 amide bonds. The first-order chi connectivity index (χ1) is 8.48. The van der Waals surface area contributed by atoms with E-state index in [2.05, 4.69) is 67.9 Å². The average Bonchev–Trinajstić information content (AvgIpc) is 2.50. The molecule has 0 unspecified atom stereocenters. The van der Waals surface area contributed by atoms with Crippen LogP contribution in [0.25, 0.3) is 0 Å². The van der Waals surface area contributed by atoms with Gasteiger partial charge in [0.15, 0.2) is 0 Å². The first-order valence-electron chi connectivity index (χ1n) is 7.06. The Morgan fingerprint density at radius 1 is 1.06 bits per heavy atom. The monoisotopic (exact) mass is 246 g/mol. The number of allylic oxidation sites excluding steroid dienone is 5. The van der Waals surface area contributed by atoms with Gasteiger partial charge in [0.25, 0.3) is 0 Å². The van der Waals surface area contributed by atoms with Gasteiger partial charge in [-0.2, -0.15) is 0 Å². The molecule has 0 aromatic heterocycles. The highest BCUT2D eigenvalue weighted by Gasteiger charge is 2.21. The minimum Gasteiger partial charge on any atom is -0.369 e. The van der Waals surface area contributed by atoms with Gasteiger partial charge in [-0.05, 0) is 19.9 Å². The molecule has 0 N–H and O–H groups in total. The fraction of sp³-hybridized carbons (Fsp3) is 0.625. The van der Waals surface area contributed by atoms with Crippen LogP contribution in [0.3, 0.4) is 0 Å². The summed E-state index contributed by atoms with van der Waals surface area (Å²) in [7, 11) is 0. The molecule has 1 saturated heterocycles. The molecule has 100 valence electrons. The molecule has 0 bridgehead atoms. The van der Waals surface area contributed by atoms with E-state index in [1.807, 2.05) is 0 Å². The van der Waals surface area contributed by atoms with Crippen LogP contribution in [-0.2, 0) is 0 Å². The third kappa shape index (κ3) is 3.26. The standard InChI is InChI=1S/C16H26N2/c1-14(2)17-9-11-18(12-10-17)15-7-5-6-8-16(3,4)13-15/h5-8,13-14H,9-12H2,1-4H3. The van der Waals surface area contributed by atoms with Crippen molar-refractivity contribution in [2.45, 2.75) is 33.7 Å². The molecule has 1 heterocycles. The maximum absolute atomic E-state index is 2.56. The van der Waals surface area contributed by atoms with Crippen LogP contribution in [0.4, 0.5) is 0 Å². The average molecular weight is 246 g/mol. The zero-order chi connectivity index (χ0) is 13.2. The molecule has 2 aliphatic rings. The number of hydrogen-bond donors (Lipinski definition) is 0. The van der Waals surface area contributed by atoms with Crippen molar-refractivity contribution in [3.05, 3.63) is 36.1 Å². The van der Waals surface area contributed by atoms with Gasteiger partial charge in [0.2, 0.25) is 0 Å². The predicted octanol–water partition coefficient (Wildman–Crippen LogP) is 3.05. The van der Waals surface area contributed by atoms with Crippen molar-refractivity contribution in [2.75, 3.05) is 26.2 Å². The summed E-state index contributed by atoms with van der Waals surface area (Å²) in [5.74, 6) is 0. The van der Waals surface area contributed by atoms with E-state index in [0.29, 0.717) is 6.04 Å². The maximum Gasteiger partial charge on any atom is 0.0335 e. The quantitative estimate of drug-likeness (QED) is 0.739. The maximum atomic E-state index is 2.56. The van der Waals surface area contributed by atoms with E-state index in [9.17, 15) is 0 Å². The van der Waals surface area contributed by atoms with Crippen molar-refractivity contribution < 1.29 is 0 Å². The molecule has 0 radical (unpaired) electrons. The Labute approximate surface area is 112 Å². The molecule has 0 aromatic rings.